The molecule has 164 valence electrons. The fourth-order valence-electron chi connectivity index (χ4n) is 3.03. The van der Waals surface area contributed by atoms with Crippen LogP contribution in [0.15, 0.2) is 68.7 Å². The van der Waals surface area contributed by atoms with Crippen LogP contribution in [-0.4, -0.2) is 30.4 Å². The molecule has 4 aromatic rings. The lowest BCUT2D eigenvalue weighted by Gasteiger charge is -2.07. The number of nitrogens with zero attached hydrogens (tertiary/aromatic N) is 6. The smallest absolute Gasteiger partial charge is 0.339 e. The molecule has 0 aliphatic heterocycles. The van der Waals surface area contributed by atoms with Gasteiger partial charge in [0, 0.05) is 19.9 Å². The van der Waals surface area contributed by atoms with Crippen molar-refractivity contribution < 1.29 is 9.32 Å². The largest absolute Gasteiger partial charge is 0.351 e. The van der Waals surface area contributed by atoms with E-state index in [1.165, 1.54) is 7.05 Å². The predicted octanol–water partition coefficient (Wildman–Crippen LogP) is 1.42. The Morgan fingerprint density at radius 2 is 1.85 bits per heavy atom. The zero-order valence-electron chi connectivity index (χ0n) is 17.4. The first kappa shape index (κ1) is 21.4. The van der Waals surface area contributed by atoms with Crippen LogP contribution in [0.5, 0.6) is 0 Å². The van der Waals surface area contributed by atoms with E-state index in [1.807, 2.05) is 6.07 Å². The van der Waals surface area contributed by atoms with Crippen LogP contribution in [0.25, 0.3) is 17.2 Å². The quantitative estimate of drug-likeness (QED) is 0.470. The molecular weight excluding hydrogens is 426 g/mol. The number of aromatic nitrogens is 5. The molecule has 0 saturated heterocycles. The van der Waals surface area contributed by atoms with Crippen molar-refractivity contribution in [3.63, 3.8) is 0 Å². The van der Waals surface area contributed by atoms with Crippen LogP contribution in [-0.2, 0) is 18.3 Å². The average molecular weight is 443 g/mol. The van der Waals surface area contributed by atoms with Gasteiger partial charge in [0.1, 0.15) is 6.07 Å². The SMILES string of the molecule is Cn1c(=O)c(-c2noc(CCC(=O)Nc3ccccc3C#N)n2)nn(-c2ccccc2)c1=O. The lowest BCUT2D eigenvalue weighted by atomic mass is 10.2. The molecule has 0 saturated carbocycles. The van der Waals surface area contributed by atoms with Gasteiger partial charge >= 0.3 is 5.69 Å². The second-order valence-corrected chi connectivity index (χ2v) is 6.96. The molecule has 0 aliphatic rings. The van der Waals surface area contributed by atoms with E-state index < -0.39 is 11.2 Å². The van der Waals surface area contributed by atoms with E-state index in [1.54, 1.807) is 54.6 Å². The van der Waals surface area contributed by atoms with Crippen molar-refractivity contribution in [2.75, 3.05) is 5.32 Å². The highest BCUT2D eigenvalue weighted by Gasteiger charge is 2.19. The molecule has 4 rings (SSSR count). The predicted molar refractivity (Wildman–Crippen MR) is 116 cm³/mol. The van der Waals surface area contributed by atoms with E-state index in [4.69, 9.17) is 9.78 Å². The van der Waals surface area contributed by atoms with Crippen LogP contribution in [0.2, 0.25) is 0 Å². The van der Waals surface area contributed by atoms with Gasteiger partial charge in [-0.1, -0.05) is 35.5 Å². The first-order valence-electron chi connectivity index (χ1n) is 9.85. The number of hydrogen-bond acceptors (Lipinski definition) is 8. The summed E-state index contributed by atoms with van der Waals surface area (Å²) < 4.78 is 7.15. The number of benzene rings is 2. The third-order valence-electron chi connectivity index (χ3n) is 4.74. The first-order chi connectivity index (χ1) is 16.0. The zero-order valence-corrected chi connectivity index (χ0v) is 17.4. The maximum Gasteiger partial charge on any atom is 0.351 e. The number of hydrogen-bond donors (Lipinski definition) is 1. The van der Waals surface area contributed by atoms with E-state index in [-0.39, 0.29) is 36.2 Å². The number of carbonyl (C=O) groups excluding carboxylic acids is 1. The van der Waals surface area contributed by atoms with Gasteiger partial charge in [-0.05, 0) is 24.3 Å². The number of anilines is 1. The van der Waals surface area contributed by atoms with Crippen LogP contribution in [0.3, 0.4) is 0 Å². The van der Waals surface area contributed by atoms with Crippen molar-refractivity contribution in [2.45, 2.75) is 12.8 Å². The number of aryl methyl sites for hydroxylation is 1. The Kier molecular flexibility index (Phi) is 5.90. The molecule has 1 amide bonds. The summed E-state index contributed by atoms with van der Waals surface area (Å²) in [7, 11) is 1.33. The molecule has 0 atom stereocenters. The summed E-state index contributed by atoms with van der Waals surface area (Å²) in [5, 5.41) is 19.7. The molecule has 11 heteroatoms. The Balaban J connectivity index is 1.53. The molecule has 11 nitrogen and oxygen atoms in total. The normalized spacial score (nSPS) is 10.5. The van der Waals surface area contributed by atoms with Gasteiger partial charge < -0.3 is 9.84 Å². The molecule has 0 unspecified atom stereocenters. The van der Waals surface area contributed by atoms with Crippen LogP contribution < -0.4 is 16.6 Å². The van der Waals surface area contributed by atoms with Gasteiger partial charge in [-0.15, -0.1) is 0 Å². The lowest BCUT2D eigenvalue weighted by Crippen LogP contribution is -2.40. The minimum absolute atomic E-state index is 0.0103. The Hall–Kier alpha value is -4.85. The molecule has 33 heavy (non-hydrogen) atoms. The molecule has 0 fully saturated rings. The maximum atomic E-state index is 12.6. The number of rotatable bonds is 6. The topological polar surface area (TPSA) is 149 Å². The highest BCUT2D eigenvalue weighted by Crippen LogP contribution is 2.15. The van der Waals surface area contributed by atoms with Gasteiger partial charge in [0.05, 0.1) is 16.9 Å². The highest BCUT2D eigenvalue weighted by atomic mass is 16.5. The van der Waals surface area contributed by atoms with E-state index in [0.29, 0.717) is 16.9 Å². The average Bonchev–Trinajstić information content (AvgIpc) is 3.31. The second-order valence-electron chi connectivity index (χ2n) is 6.96. The fourth-order valence-corrected chi connectivity index (χ4v) is 3.03. The van der Waals surface area contributed by atoms with Crippen molar-refractivity contribution in [3.05, 3.63) is 86.9 Å². The van der Waals surface area contributed by atoms with E-state index in [9.17, 15) is 14.4 Å². The summed E-state index contributed by atoms with van der Waals surface area (Å²) in [6.45, 7) is 0. The summed E-state index contributed by atoms with van der Waals surface area (Å²) in [6, 6.07) is 17.3. The molecule has 2 aromatic carbocycles. The number of carbonyl (C=O) groups is 1. The van der Waals surface area contributed by atoms with Gasteiger partial charge in [0.15, 0.2) is 5.69 Å². The Labute approximate surface area is 186 Å². The van der Waals surface area contributed by atoms with Gasteiger partial charge in [-0.3, -0.25) is 14.2 Å². The van der Waals surface area contributed by atoms with Crippen molar-refractivity contribution in [3.8, 4) is 23.3 Å². The molecule has 0 radical (unpaired) electrons. The van der Waals surface area contributed by atoms with Gasteiger partial charge in [0.25, 0.3) is 5.56 Å². The third kappa shape index (κ3) is 4.45. The lowest BCUT2D eigenvalue weighted by molar-refractivity contribution is -0.116. The molecule has 0 aliphatic carbocycles. The number of amides is 1. The van der Waals surface area contributed by atoms with Gasteiger partial charge in [-0.2, -0.15) is 20.0 Å². The van der Waals surface area contributed by atoms with Crippen LogP contribution in [0.1, 0.15) is 17.9 Å². The highest BCUT2D eigenvalue weighted by molar-refractivity contribution is 5.92. The van der Waals surface area contributed by atoms with E-state index in [2.05, 4.69) is 20.6 Å². The van der Waals surface area contributed by atoms with Gasteiger partial charge in [0.2, 0.25) is 17.6 Å². The molecule has 1 N–H and O–H groups in total. The summed E-state index contributed by atoms with van der Waals surface area (Å²) in [6.07, 6.45) is 0.114. The zero-order chi connectivity index (χ0) is 23.4. The van der Waals surface area contributed by atoms with Crippen molar-refractivity contribution in [1.29, 1.82) is 5.26 Å². The number of para-hydroxylation sites is 2. The number of nitriles is 1. The second kappa shape index (κ2) is 9.11. The fraction of sp³-hybridized carbons (Fsp3) is 0.136. The Morgan fingerprint density at radius 1 is 1.12 bits per heavy atom. The Bertz CT molecular complexity index is 1480. The summed E-state index contributed by atoms with van der Waals surface area (Å²) in [4.78, 5) is 41.5. The van der Waals surface area contributed by atoms with Crippen LogP contribution in [0, 0.1) is 11.3 Å². The van der Waals surface area contributed by atoms with Gasteiger partial charge in [-0.25, -0.2) is 4.79 Å². The maximum absolute atomic E-state index is 12.6. The van der Waals surface area contributed by atoms with E-state index >= 15 is 0 Å². The third-order valence-corrected chi connectivity index (χ3v) is 4.74. The summed E-state index contributed by atoms with van der Waals surface area (Å²) in [5.74, 6) is -0.315. The standard InChI is InChI=1S/C22H17N7O4/c1-28-21(31)19(26-29(22(28)32)15-8-3-2-4-9-15)20-25-18(33-27-20)12-11-17(30)24-16-10-6-5-7-14(16)13-23/h2-10H,11-12H2,1H3,(H,24,30). The first-order valence-corrected chi connectivity index (χ1v) is 9.85. The molecule has 0 spiro atoms. The summed E-state index contributed by atoms with van der Waals surface area (Å²) in [5.41, 5.74) is -0.229. The molecular formula is C22H17N7O4. The minimum atomic E-state index is -0.676. The van der Waals surface area contributed by atoms with Crippen LogP contribution >= 0.6 is 0 Å². The molecule has 2 aromatic heterocycles. The van der Waals surface area contributed by atoms with Crippen molar-refractivity contribution >= 4 is 11.6 Å². The monoisotopic (exact) mass is 443 g/mol. The molecule has 2 heterocycles. The van der Waals surface area contributed by atoms with Crippen molar-refractivity contribution in [2.24, 2.45) is 7.05 Å². The summed E-state index contributed by atoms with van der Waals surface area (Å²) >= 11 is 0. The molecule has 0 bridgehead atoms. The van der Waals surface area contributed by atoms with E-state index in [0.717, 1.165) is 9.25 Å². The Morgan fingerprint density at radius 3 is 2.61 bits per heavy atom. The van der Waals surface area contributed by atoms with Crippen LogP contribution in [0.4, 0.5) is 5.69 Å². The van der Waals surface area contributed by atoms with Crippen molar-refractivity contribution in [1.82, 2.24) is 24.5 Å². The number of nitrogens with one attached hydrogen (secondary N) is 1. The minimum Gasteiger partial charge on any atom is -0.339 e.